The molecule has 0 aliphatic carbocycles. The van der Waals surface area contributed by atoms with E-state index < -0.39 is 24.3 Å². The number of likely N-dealkylation sites (tertiary alicyclic amines) is 2. The second-order valence-corrected chi connectivity index (χ2v) is 17.4. The van der Waals surface area contributed by atoms with Crippen LogP contribution in [0.2, 0.25) is 0 Å². The fraction of sp³-hybridized carbons (Fsp3) is 0.360. The minimum atomic E-state index is -0.859. The number of imidazole rings is 1. The summed E-state index contributed by atoms with van der Waals surface area (Å²) in [4.78, 5) is 69.0. The molecule has 2 fully saturated rings. The first kappa shape index (κ1) is 42.9. The highest BCUT2D eigenvalue weighted by Crippen LogP contribution is 2.37. The second-order valence-electron chi connectivity index (χ2n) is 17.4. The summed E-state index contributed by atoms with van der Waals surface area (Å²) >= 11 is 0. The van der Waals surface area contributed by atoms with Crippen molar-refractivity contribution >= 4 is 46.1 Å². The molecule has 0 unspecified atom stereocenters. The number of methoxy groups -OCH3 is 2. The van der Waals surface area contributed by atoms with Crippen LogP contribution < -0.4 is 10.6 Å². The Morgan fingerprint density at radius 2 is 1.48 bits per heavy atom. The smallest absolute Gasteiger partial charge is 0.407 e. The molecule has 2 saturated heterocycles. The van der Waals surface area contributed by atoms with Gasteiger partial charge in [-0.15, -0.1) is 0 Å². The average Bonchev–Trinajstić information content (AvgIpc) is 4.14. The van der Waals surface area contributed by atoms with E-state index in [4.69, 9.17) is 19.5 Å². The monoisotopic (exact) mass is 849 g/mol. The van der Waals surface area contributed by atoms with Crippen molar-refractivity contribution in [2.75, 3.05) is 27.3 Å². The van der Waals surface area contributed by atoms with Crippen molar-refractivity contribution in [1.29, 1.82) is 0 Å². The average molecular weight is 850 g/mol. The summed E-state index contributed by atoms with van der Waals surface area (Å²) < 4.78 is 9.67. The number of fused-ring (bicyclic) bond motifs is 1. The number of benzene rings is 4. The Balaban J connectivity index is 0.922. The molecule has 3 aliphatic rings. The van der Waals surface area contributed by atoms with Crippen LogP contribution in [0.15, 0.2) is 102 Å². The van der Waals surface area contributed by atoms with Crippen molar-refractivity contribution in [1.82, 2.24) is 30.4 Å². The molecule has 0 spiro atoms. The first-order chi connectivity index (χ1) is 30.4. The molecule has 0 radical (unpaired) electrons. The van der Waals surface area contributed by atoms with Gasteiger partial charge < -0.3 is 34.9 Å². The van der Waals surface area contributed by atoms with Crippen molar-refractivity contribution in [2.24, 2.45) is 16.8 Å². The number of ether oxygens (including phenoxy) is 2. The third-order valence-corrected chi connectivity index (χ3v) is 12.6. The number of nitrogens with zero attached hydrogens (tertiary/aromatic N) is 4. The zero-order chi connectivity index (χ0) is 44.4. The van der Waals surface area contributed by atoms with E-state index in [0.717, 1.165) is 86.2 Å². The van der Waals surface area contributed by atoms with Gasteiger partial charge in [0.1, 0.15) is 17.9 Å². The summed E-state index contributed by atoms with van der Waals surface area (Å²) in [5.74, 6) is 0.585. The summed E-state index contributed by atoms with van der Waals surface area (Å²) in [6.07, 6.45) is 5.56. The fourth-order valence-electron chi connectivity index (χ4n) is 9.23. The van der Waals surface area contributed by atoms with Gasteiger partial charge in [0.05, 0.1) is 38.2 Å². The van der Waals surface area contributed by atoms with E-state index in [1.54, 1.807) is 0 Å². The molecule has 0 saturated carbocycles. The lowest BCUT2D eigenvalue weighted by Crippen LogP contribution is -2.51. The third kappa shape index (κ3) is 9.09. The van der Waals surface area contributed by atoms with Crippen molar-refractivity contribution in [3.8, 4) is 22.4 Å². The van der Waals surface area contributed by atoms with Crippen LogP contribution >= 0.6 is 0 Å². The number of allylic oxidation sites excluding steroid dienone is 1. The number of aromatic nitrogens is 2. The van der Waals surface area contributed by atoms with Crippen LogP contribution in [0.4, 0.5) is 9.59 Å². The van der Waals surface area contributed by atoms with Crippen LogP contribution in [0.3, 0.4) is 0 Å². The lowest BCUT2D eigenvalue weighted by molar-refractivity contribution is -0.135. The summed E-state index contributed by atoms with van der Waals surface area (Å²) in [5, 5.41) is 7.69. The molecular formula is C50H55N7O6. The van der Waals surface area contributed by atoms with Crippen molar-refractivity contribution in [2.45, 2.75) is 77.5 Å². The minimum absolute atomic E-state index is 0.115. The normalized spacial score (nSPS) is 19.4. The Bertz CT molecular complexity index is 2600. The first-order valence-corrected chi connectivity index (χ1v) is 21.7. The van der Waals surface area contributed by atoms with Crippen LogP contribution in [-0.4, -0.2) is 88.9 Å². The molecule has 13 heteroatoms. The molecule has 5 atom stereocenters. The van der Waals surface area contributed by atoms with Gasteiger partial charge in [-0.05, 0) is 88.8 Å². The van der Waals surface area contributed by atoms with Crippen molar-refractivity contribution in [3.05, 3.63) is 120 Å². The Morgan fingerprint density at radius 3 is 2.19 bits per heavy atom. The van der Waals surface area contributed by atoms with Gasteiger partial charge in [0.15, 0.2) is 0 Å². The number of carbonyl (C=O) groups excluding carboxylic acids is 4. The predicted molar refractivity (Wildman–Crippen MR) is 244 cm³/mol. The van der Waals surface area contributed by atoms with Gasteiger partial charge in [0.25, 0.3) is 0 Å². The van der Waals surface area contributed by atoms with Gasteiger partial charge in [-0.3, -0.25) is 14.6 Å². The second kappa shape index (κ2) is 18.3. The number of aliphatic imine (C=N–C) groups is 1. The van der Waals surface area contributed by atoms with Crippen molar-refractivity contribution in [3.63, 3.8) is 0 Å². The third-order valence-electron chi connectivity index (χ3n) is 12.6. The molecule has 4 amide bonds. The SMILES string of the molecule is COC(=O)N[C@H](C(=O)N1C[C@H](C)C[C@H]1c1ncc(-c2ccc3cc(-c4ccc(C5=CN=C([C@@H]6CCCN6C(=O)[C@H](NC(=O)OC)c6cccc(C)c6)C5)cc4)ccc3c2)[nH]1)C(C)C. The minimum Gasteiger partial charge on any atom is -0.453 e. The lowest BCUT2D eigenvalue weighted by atomic mass is 9.95. The Morgan fingerprint density at radius 1 is 0.794 bits per heavy atom. The zero-order valence-corrected chi connectivity index (χ0v) is 36.7. The van der Waals surface area contributed by atoms with E-state index in [0.29, 0.717) is 19.5 Å². The molecule has 4 heterocycles. The predicted octanol–water partition coefficient (Wildman–Crippen LogP) is 8.77. The van der Waals surface area contributed by atoms with E-state index in [1.807, 2.05) is 67.2 Å². The largest absolute Gasteiger partial charge is 0.453 e. The molecule has 1 aromatic heterocycles. The number of amides is 4. The van der Waals surface area contributed by atoms with Crippen LogP contribution in [0.25, 0.3) is 38.7 Å². The molecule has 3 aliphatic heterocycles. The fourth-order valence-corrected chi connectivity index (χ4v) is 9.23. The Labute approximate surface area is 368 Å². The Hall–Kier alpha value is -6.76. The molecule has 5 aromatic rings. The van der Waals surface area contributed by atoms with Gasteiger partial charge >= 0.3 is 12.2 Å². The van der Waals surface area contributed by atoms with E-state index in [-0.39, 0.29) is 35.7 Å². The van der Waals surface area contributed by atoms with E-state index in [2.05, 4.69) is 83.2 Å². The summed E-state index contributed by atoms with van der Waals surface area (Å²) in [6.45, 7) is 9.08. The maximum atomic E-state index is 14.1. The number of alkyl carbamates (subject to hydrolysis) is 2. The standard InChI is InChI=1S/C50H55N7O6/c1-29(2)44(54-49(60)62-5)47(58)57-28-31(4)22-43(57)46-52-27-41(53-46)37-19-18-35-23-34(16-17-36(35)24-37)32-12-14-33(15-13-32)39-25-40(51-26-39)42-11-8-20-56(42)48(59)45(55-50(61)63-6)38-10-7-9-30(3)21-38/h7,9-10,12-19,21,23-24,26-27,29,31,42-45H,8,11,20,22,25,28H2,1-6H3,(H,52,53)(H,54,60)(H,55,61)/t31-,42+,43+,44+,45-/m1/s1. The van der Waals surface area contributed by atoms with Crippen LogP contribution in [0.1, 0.15) is 81.1 Å². The molecular weight excluding hydrogens is 795 g/mol. The summed E-state index contributed by atoms with van der Waals surface area (Å²) in [6, 6.07) is 27.0. The van der Waals surface area contributed by atoms with Gasteiger partial charge in [-0.25, -0.2) is 14.6 Å². The first-order valence-electron chi connectivity index (χ1n) is 21.7. The number of hydrogen-bond donors (Lipinski definition) is 3. The molecule has 326 valence electrons. The highest BCUT2D eigenvalue weighted by Gasteiger charge is 2.41. The maximum Gasteiger partial charge on any atom is 0.407 e. The Kier molecular flexibility index (Phi) is 12.5. The van der Waals surface area contributed by atoms with Crippen LogP contribution in [0, 0.1) is 18.8 Å². The quantitative estimate of drug-likeness (QED) is 0.120. The van der Waals surface area contributed by atoms with Gasteiger partial charge in [-0.1, -0.05) is 99.1 Å². The number of H-pyrrole nitrogens is 1. The summed E-state index contributed by atoms with van der Waals surface area (Å²) in [5.41, 5.74) is 8.92. The molecule has 63 heavy (non-hydrogen) atoms. The van der Waals surface area contributed by atoms with E-state index in [1.165, 1.54) is 14.2 Å². The van der Waals surface area contributed by atoms with Gasteiger partial charge in [-0.2, -0.15) is 0 Å². The maximum absolute atomic E-state index is 14.1. The lowest BCUT2D eigenvalue weighted by Gasteiger charge is -2.30. The van der Waals surface area contributed by atoms with Gasteiger partial charge in [0, 0.05) is 37.0 Å². The number of hydrogen-bond acceptors (Lipinski definition) is 8. The van der Waals surface area contributed by atoms with E-state index in [9.17, 15) is 19.2 Å². The topological polar surface area (TPSA) is 158 Å². The number of rotatable bonds is 11. The molecule has 8 rings (SSSR count). The summed E-state index contributed by atoms with van der Waals surface area (Å²) in [7, 11) is 2.59. The molecule has 0 bridgehead atoms. The molecule has 13 nitrogen and oxygen atoms in total. The van der Waals surface area contributed by atoms with Crippen LogP contribution in [0.5, 0.6) is 0 Å². The number of nitrogens with one attached hydrogen (secondary N) is 3. The number of aromatic amines is 1. The number of carbonyl (C=O) groups is 4. The zero-order valence-electron chi connectivity index (χ0n) is 36.7. The van der Waals surface area contributed by atoms with Crippen LogP contribution in [-0.2, 0) is 19.1 Å². The van der Waals surface area contributed by atoms with Gasteiger partial charge in [0.2, 0.25) is 11.8 Å². The molecule has 3 N–H and O–H groups in total. The van der Waals surface area contributed by atoms with E-state index >= 15 is 0 Å². The molecule has 4 aromatic carbocycles. The van der Waals surface area contributed by atoms with Crippen molar-refractivity contribution < 1.29 is 28.7 Å². The highest BCUT2D eigenvalue weighted by molar-refractivity contribution is 6.04. The number of aryl methyl sites for hydroxylation is 1. The highest BCUT2D eigenvalue weighted by atomic mass is 16.5.